The van der Waals surface area contributed by atoms with Gasteiger partial charge in [-0.3, -0.25) is 19.5 Å². The number of rotatable bonds is 3. The number of amides is 1. The lowest BCUT2D eigenvalue weighted by Gasteiger charge is -2.36. The van der Waals surface area contributed by atoms with Crippen LogP contribution in [-0.4, -0.2) is 39.2 Å². The third kappa shape index (κ3) is 2.92. The monoisotopic (exact) mass is 479 g/mol. The summed E-state index contributed by atoms with van der Waals surface area (Å²) in [5.74, 6) is -0.569. The van der Waals surface area contributed by atoms with Crippen molar-refractivity contribution in [1.82, 2.24) is 9.88 Å². The summed E-state index contributed by atoms with van der Waals surface area (Å²) in [6.45, 7) is 0. The maximum absolute atomic E-state index is 14.5. The van der Waals surface area contributed by atoms with E-state index >= 15 is 0 Å². The highest BCUT2D eigenvalue weighted by atomic mass is 35.5. The molecular formula is C25H19ClFN3O2S. The van der Waals surface area contributed by atoms with E-state index in [1.54, 1.807) is 36.2 Å². The molecule has 1 N–H and O–H groups in total. The van der Waals surface area contributed by atoms with E-state index < -0.39 is 17.3 Å². The minimum Gasteiger partial charge on any atom is -0.324 e. The van der Waals surface area contributed by atoms with Crippen LogP contribution in [0.4, 0.5) is 10.1 Å². The van der Waals surface area contributed by atoms with E-state index in [0.29, 0.717) is 27.7 Å². The Bertz CT molecular complexity index is 1270. The number of ketones is 1. The fourth-order valence-electron chi connectivity index (χ4n) is 5.79. The zero-order valence-corrected chi connectivity index (χ0v) is 18.9. The molecule has 6 rings (SSSR count). The summed E-state index contributed by atoms with van der Waals surface area (Å²) in [6.07, 6.45) is 3.15. The number of pyridine rings is 1. The zero-order valence-electron chi connectivity index (χ0n) is 17.4. The molecule has 5 nitrogen and oxygen atoms in total. The average molecular weight is 480 g/mol. The van der Waals surface area contributed by atoms with Crippen LogP contribution in [0.2, 0.25) is 5.02 Å². The highest BCUT2D eigenvalue weighted by molar-refractivity contribution is 7.99. The van der Waals surface area contributed by atoms with Crippen molar-refractivity contribution in [3.8, 4) is 0 Å². The van der Waals surface area contributed by atoms with Crippen LogP contribution < -0.4 is 5.32 Å². The Morgan fingerprint density at radius 2 is 2.03 bits per heavy atom. The molecule has 2 fully saturated rings. The Labute approximate surface area is 199 Å². The topological polar surface area (TPSA) is 62.3 Å². The maximum atomic E-state index is 14.5. The summed E-state index contributed by atoms with van der Waals surface area (Å²) in [6, 6.07) is 15.2. The number of carbonyl (C=O) groups excluding carboxylic acids is 2. The summed E-state index contributed by atoms with van der Waals surface area (Å²) in [5.41, 5.74) is 1.15. The minimum atomic E-state index is -1.30. The molecule has 4 heterocycles. The molecule has 33 heavy (non-hydrogen) atoms. The molecule has 0 aliphatic carbocycles. The highest BCUT2D eigenvalue weighted by Gasteiger charge is 2.69. The molecule has 1 spiro atoms. The Morgan fingerprint density at radius 1 is 1.21 bits per heavy atom. The molecule has 0 radical (unpaired) electrons. The molecule has 0 saturated carbocycles. The quantitative estimate of drug-likeness (QED) is 0.552. The largest absolute Gasteiger partial charge is 0.324 e. The van der Waals surface area contributed by atoms with Gasteiger partial charge in [0.2, 0.25) is 5.91 Å². The van der Waals surface area contributed by atoms with E-state index in [1.807, 2.05) is 24.3 Å². The highest BCUT2D eigenvalue weighted by Crippen LogP contribution is 2.61. The lowest BCUT2D eigenvalue weighted by Crippen LogP contribution is -2.52. The van der Waals surface area contributed by atoms with Gasteiger partial charge in [0.1, 0.15) is 11.4 Å². The van der Waals surface area contributed by atoms with Crippen LogP contribution in [0.5, 0.6) is 0 Å². The van der Waals surface area contributed by atoms with E-state index in [2.05, 4.69) is 15.2 Å². The first kappa shape index (κ1) is 20.8. The first-order valence-electron chi connectivity index (χ1n) is 10.7. The number of fused-ring (bicyclic) bond motifs is 4. The van der Waals surface area contributed by atoms with Gasteiger partial charge in [0.15, 0.2) is 5.78 Å². The van der Waals surface area contributed by atoms with Crippen LogP contribution in [-0.2, 0) is 10.3 Å². The lowest BCUT2D eigenvalue weighted by molar-refractivity contribution is -0.127. The van der Waals surface area contributed by atoms with E-state index in [1.165, 1.54) is 18.3 Å². The third-order valence-corrected chi connectivity index (χ3v) is 8.36. The van der Waals surface area contributed by atoms with Crippen LogP contribution in [0, 0.1) is 11.7 Å². The third-order valence-electron chi connectivity index (χ3n) is 7.07. The fraction of sp³-hybridized carbons (Fsp3) is 0.240. The number of benzene rings is 2. The van der Waals surface area contributed by atoms with Gasteiger partial charge in [-0.2, -0.15) is 0 Å². The van der Waals surface area contributed by atoms with Crippen LogP contribution in [0.15, 0.2) is 67.0 Å². The summed E-state index contributed by atoms with van der Waals surface area (Å²) in [4.78, 5) is 34.2. The van der Waals surface area contributed by atoms with Crippen molar-refractivity contribution in [2.75, 3.05) is 16.9 Å². The van der Waals surface area contributed by atoms with Gasteiger partial charge >= 0.3 is 0 Å². The lowest BCUT2D eigenvalue weighted by atomic mass is 9.69. The van der Waals surface area contributed by atoms with Gasteiger partial charge in [-0.1, -0.05) is 23.7 Å². The molecule has 3 aliphatic heterocycles. The fourth-order valence-corrected chi connectivity index (χ4v) is 7.25. The number of Topliss-reactive ketones (excluding diaryl/α,β-unsaturated/α-hetero) is 1. The number of thioether (sulfide) groups is 1. The first-order valence-corrected chi connectivity index (χ1v) is 12.2. The van der Waals surface area contributed by atoms with Crippen molar-refractivity contribution >= 4 is 40.7 Å². The second kappa shape index (κ2) is 7.65. The van der Waals surface area contributed by atoms with Gasteiger partial charge in [0.25, 0.3) is 0 Å². The Morgan fingerprint density at radius 3 is 2.79 bits per heavy atom. The number of aromatic nitrogens is 1. The summed E-state index contributed by atoms with van der Waals surface area (Å²) in [5, 5.41) is 3.54. The van der Waals surface area contributed by atoms with E-state index in [-0.39, 0.29) is 23.7 Å². The molecule has 3 aromatic rings. The van der Waals surface area contributed by atoms with Crippen LogP contribution in [0.25, 0.3) is 0 Å². The molecular weight excluding hydrogens is 461 g/mol. The predicted octanol–water partition coefficient (Wildman–Crippen LogP) is 4.69. The van der Waals surface area contributed by atoms with Crippen molar-refractivity contribution in [3.05, 3.63) is 94.5 Å². The van der Waals surface area contributed by atoms with E-state index in [0.717, 1.165) is 11.3 Å². The van der Waals surface area contributed by atoms with Crippen molar-refractivity contribution in [1.29, 1.82) is 0 Å². The van der Waals surface area contributed by atoms with Gasteiger partial charge < -0.3 is 5.32 Å². The number of halogens is 2. The van der Waals surface area contributed by atoms with Crippen LogP contribution in [0.1, 0.15) is 27.4 Å². The van der Waals surface area contributed by atoms with Gasteiger partial charge in [-0.05, 0) is 48.0 Å². The number of hydrogen-bond acceptors (Lipinski definition) is 5. The smallest absolute Gasteiger partial charge is 0.250 e. The number of nitrogens with zero attached hydrogens (tertiary/aromatic N) is 2. The molecule has 8 heteroatoms. The SMILES string of the molecule is O=C(c1cccnc1)[C@@H]1[C@H](c2ccc(Cl)cc2)[C@H]2CSCN2[C@]12C(=O)Nc1ccc(F)cc12. The van der Waals surface area contributed by atoms with Gasteiger partial charge in [-0.25, -0.2) is 4.39 Å². The van der Waals surface area contributed by atoms with Gasteiger partial charge in [-0.15, -0.1) is 11.8 Å². The maximum Gasteiger partial charge on any atom is 0.250 e. The van der Waals surface area contributed by atoms with Crippen molar-refractivity contribution < 1.29 is 14.0 Å². The molecule has 3 aliphatic rings. The van der Waals surface area contributed by atoms with Gasteiger partial charge in [0.05, 0.1) is 5.92 Å². The molecule has 0 bridgehead atoms. The molecule has 0 unspecified atom stereocenters. The Hall–Kier alpha value is -2.74. The van der Waals surface area contributed by atoms with Crippen molar-refractivity contribution in [3.63, 3.8) is 0 Å². The normalized spacial score (nSPS) is 28.1. The second-order valence-corrected chi connectivity index (χ2v) is 10.0. The second-order valence-electron chi connectivity index (χ2n) is 8.61. The molecule has 2 saturated heterocycles. The van der Waals surface area contributed by atoms with Crippen molar-refractivity contribution in [2.45, 2.75) is 17.5 Å². The van der Waals surface area contributed by atoms with E-state index in [4.69, 9.17) is 11.6 Å². The van der Waals surface area contributed by atoms with Crippen LogP contribution in [0.3, 0.4) is 0 Å². The number of nitrogens with one attached hydrogen (secondary N) is 1. The molecule has 166 valence electrons. The average Bonchev–Trinajstić information content (AvgIpc) is 3.48. The number of hydrogen-bond donors (Lipinski definition) is 1. The first-order chi connectivity index (χ1) is 16.0. The molecule has 1 aromatic heterocycles. The molecule has 1 amide bonds. The predicted molar refractivity (Wildman–Crippen MR) is 126 cm³/mol. The Kier molecular flexibility index (Phi) is 4.83. The van der Waals surface area contributed by atoms with E-state index in [9.17, 15) is 14.0 Å². The molecule has 4 atom stereocenters. The summed E-state index contributed by atoms with van der Waals surface area (Å²) < 4.78 is 14.5. The van der Waals surface area contributed by atoms with Crippen molar-refractivity contribution in [2.24, 2.45) is 5.92 Å². The minimum absolute atomic E-state index is 0.0678. The zero-order chi connectivity index (χ0) is 22.7. The summed E-state index contributed by atoms with van der Waals surface area (Å²) in [7, 11) is 0. The number of carbonyl (C=O) groups is 2. The number of anilines is 1. The standard InChI is InChI=1S/C25H19ClFN3O2S/c26-16-5-3-14(4-6-16)21-20-12-33-13-30(20)25(22(21)23(31)15-2-1-9-28-11-15)18-10-17(27)7-8-19(18)29-24(25)32/h1-11,20-22H,12-13H2,(H,29,32)/t20-,21-,22+,25+/m1/s1. The van der Waals surface area contributed by atoms with Crippen LogP contribution >= 0.6 is 23.4 Å². The molecule has 2 aromatic carbocycles. The summed E-state index contributed by atoms with van der Waals surface area (Å²) >= 11 is 7.88. The van der Waals surface area contributed by atoms with Gasteiger partial charge in [0, 0.05) is 57.8 Å². The Balaban J connectivity index is 1.63.